The largest absolute Gasteiger partial charge is 0.324 e. The van der Waals surface area contributed by atoms with Crippen LogP contribution in [0.1, 0.15) is 17.0 Å². The molecule has 0 bridgehead atoms. The molecule has 4 rings (SSSR count). The minimum absolute atomic E-state index is 0.282. The summed E-state index contributed by atoms with van der Waals surface area (Å²) in [4.78, 5) is 25.1. The Balaban J connectivity index is 1.97. The van der Waals surface area contributed by atoms with E-state index in [2.05, 4.69) is 10.6 Å². The van der Waals surface area contributed by atoms with Crippen LogP contribution in [0.3, 0.4) is 0 Å². The molecule has 28 heavy (non-hydrogen) atoms. The van der Waals surface area contributed by atoms with Gasteiger partial charge in [0.2, 0.25) is 11.9 Å². The number of benzene rings is 2. The van der Waals surface area contributed by atoms with Crippen LogP contribution in [0, 0.1) is 10.1 Å². The normalized spacial score (nSPS) is 28.4. The Morgan fingerprint density at radius 1 is 1.21 bits per heavy atom. The van der Waals surface area contributed by atoms with Crippen LogP contribution in [0.15, 0.2) is 42.5 Å². The van der Waals surface area contributed by atoms with Crippen molar-refractivity contribution in [1.29, 1.82) is 0 Å². The molecule has 2 aromatic carbocycles. The SMILES string of the molecule is CSC[C@@H]1N[C@@]2(C(=O)Nc3cc(Cl)ccc32)[C@@H](c2cccc(Cl)c2)[C@@H]1[N+](=O)[O-]. The first-order valence-electron chi connectivity index (χ1n) is 8.65. The molecule has 6 nitrogen and oxygen atoms in total. The van der Waals surface area contributed by atoms with Crippen molar-refractivity contribution in [2.75, 3.05) is 17.3 Å². The Labute approximate surface area is 176 Å². The standard InChI is InChI=1S/C19H17Cl2N3O3S/c1-28-9-15-17(24(26)27)16(10-3-2-4-11(20)7-10)19(23-15)13-6-5-12(21)8-14(13)22-18(19)25/h2-8,15-17,23H,9H2,1H3,(H,22,25)/t15-,16-,17+,19+/m0/s1. The van der Waals surface area contributed by atoms with Gasteiger partial charge >= 0.3 is 0 Å². The van der Waals surface area contributed by atoms with Gasteiger partial charge in [0.15, 0.2) is 0 Å². The summed E-state index contributed by atoms with van der Waals surface area (Å²) in [6.45, 7) is 0. The molecule has 146 valence electrons. The van der Waals surface area contributed by atoms with Gasteiger partial charge in [-0.15, -0.1) is 0 Å². The Hall–Kier alpha value is -1.80. The van der Waals surface area contributed by atoms with Gasteiger partial charge in [-0.05, 0) is 36.1 Å². The molecular weight excluding hydrogens is 421 g/mol. The van der Waals surface area contributed by atoms with Gasteiger partial charge in [0.1, 0.15) is 5.54 Å². The van der Waals surface area contributed by atoms with E-state index >= 15 is 0 Å². The van der Waals surface area contributed by atoms with E-state index in [1.54, 1.807) is 42.5 Å². The topological polar surface area (TPSA) is 84.3 Å². The summed E-state index contributed by atoms with van der Waals surface area (Å²) >= 11 is 13.8. The molecule has 4 atom stereocenters. The number of thioether (sulfide) groups is 1. The zero-order chi connectivity index (χ0) is 20.1. The third-order valence-corrected chi connectivity index (χ3v) is 6.61. The Morgan fingerprint density at radius 3 is 2.64 bits per heavy atom. The molecule has 1 amide bonds. The number of anilines is 1. The van der Waals surface area contributed by atoms with Crippen molar-refractivity contribution in [2.24, 2.45) is 0 Å². The maximum Gasteiger partial charge on any atom is 0.250 e. The van der Waals surface area contributed by atoms with E-state index in [-0.39, 0.29) is 10.8 Å². The lowest BCUT2D eigenvalue weighted by atomic mass is 9.74. The number of hydrogen-bond acceptors (Lipinski definition) is 5. The average Bonchev–Trinajstić information content (AvgIpc) is 3.11. The molecule has 0 radical (unpaired) electrons. The number of halogens is 2. The van der Waals surface area contributed by atoms with Gasteiger partial charge in [-0.25, -0.2) is 0 Å². The first-order valence-corrected chi connectivity index (χ1v) is 10.8. The van der Waals surface area contributed by atoms with E-state index in [1.807, 2.05) is 6.26 Å². The third kappa shape index (κ3) is 2.88. The quantitative estimate of drug-likeness (QED) is 0.559. The van der Waals surface area contributed by atoms with Crippen molar-refractivity contribution in [2.45, 2.75) is 23.5 Å². The van der Waals surface area contributed by atoms with E-state index in [4.69, 9.17) is 23.2 Å². The lowest BCUT2D eigenvalue weighted by Gasteiger charge is -2.29. The number of carbonyl (C=O) groups excluding carboxylic acids is 1. The number of rotatable bonds is 4. The number of nitrogens with one attached hydrogen (secondary N) is 2. The molecule has 1 saturated heterocycles. The predicted molar refractivity (Wildman–Crippen MR) is 112 cm³/mol. The van der Waals surface area contributed by atoms with Gasteiger partial charge in [0, 0.05) is 32.0 Å². The van der Waals surface area contributed by atoms with Crippen LogP contribution in [0.25, 0.3) is 0 Å². The molecule has 0 aromatic heterocycles. The summed E-state index contributed by atoms with van der Waals surface area (Å²) in [5.74, 6) is -0.535. The van der Waals surface area contributed by atoms with E-state index in [0.717, 1.165) is 0 Å². The second kappa shape index (κ2) is 7.22. The summed E-state index contributed by atoms with van der Waals surface area (Å²) in [5.41, 5.74) is 0.637. The lowest BCUT2D eigenvalue weighted by Crippen LogP contribution is -2.49. The number of nitrogens with zero attached hydrogens (tertiary/aromatic N) is 1. The molecule has 1 fully saturated rings. The Kier molecular flexibility index (Phi) is 5.03. The van der Waals surface area contributed by atoms with Crippen molar-refractivity contribution in [1.82, 2.24) is 5.32 Å². The predicted octanol–water partition coefficient (Wildman–Crippen LogP) is 3.90. The molecule has 9 heteroatoms. The smallest absolute Gasteiger partial charge is 0.250 e. The van der Waals surface area contributed by atoms with Gasteiger partial charge < -0.3 is 5.32 Å². The summed E-state index contributed by atoms with van der Waals surface area (Å²) in [7, 11) is 0. The van der Waals surface area contributed by atoms with Crippen molar-refractivity contribution in [3.8, 4) is 0 Å². The zero-order valence-corrected chi connectivity index (χ0v) is 17.1. The van der Waals surface area contributed by atoms with Crippen LogP contribution < -0.4 is 10.6 Å². The molecule has 0 aliphatic carbocycles. The van der Waals surface area contributed by atoms with Crippen LogP contribution in [-0.4, -0.2) is 34.9 Å². The molecule has 2 aromatic rings. The number of amides is 1. The number of hydrogen-bond donors (Lipinski definition) is 2. The monoisotopic (exact) mass is 437 g/mol. The van der Waals surface area contributed by atoms with Crippen molar-refractivity contribution < 1.29 is 9.72 Å². The highest BCUT2D eigenvalue weighted by Crippen LogP contribution is 2.53. The van der Waals surface area contributed by atoms with Gasteiger partial charge in [0.05, 0.1) is 12.0 Å². The summed E-state index contributed by atoms with van der Waals surface area (Å²) in [6.07, 6.45) is 1.89. The first kappa shape index (κ1) is 19.5. The highest BCUT2D eigenvalue weighted by Gasteiger charge is 2.66. The van der Waals surface area contributed by atoms with Crippen LogP contribution in [0.4, 0.5) is 5.69 Å². The van der Waals surface area contributed by atoms with E-state index in [1.165, 1.54) is 11.8 Å². The molecule has 2 aliphatic heterocycles. The lowest BCUT2D eigenvalue weighted by molar-refractivity contribution is -0.526. The Morgan fingerprint density at radius 2 is 1.96 bits per heavy atom. The van der Waals surface area contributed by atoms with Gasteiger partial charge in [0.25, 0.3) is 0 Å². The van der Waals surface area contributed by atoms with Crippen molar-refractivity contribution in [3.63, 3.8) is 0 Å². The highest BCUT2D eigenvalue weighted by molar-refractivity contribution is 7.98. The van der Waals surface area contributed by atoms with Gasteiger partial charge in [-0.2, -0.15) is 11.8 Å². The molecule has 2 aliphatic rings. The van der Waals surface area contributed by atoms with Gasteiger partial charge in [-0.1, -0.05) is 41.4 Å². The second-order valence-corrected chi connectivity index (χ2v) is 8.75. The Bertz CT molecular complexity index is 973. The van der Waals surface area contributed by atoms with E-state index < -0.39 is 23.5 Å². The fraction of sp³-hybridized carbons (Fsp3) is 0.316. The molecule has 2 heterocycles. The number of carbonyl (C=O) groups is 1. The molecule has 2 N–H and O–H groups in total. The number of nitro groups is 1. The minimum Gasteiger partial charge on any atom is -0.324 e. The maximum absolute atomic E-state index is 13.3. The van der Waals surface area contributed by atoms with Crippen LogP contribution in [0.5, 0.6) is 0 Å². The summed E-state index contributed by atoms with van der Waals surface area (Å²) in [5, 5.41) is 19.3. The number of fused-ring (bicyclic) bond motifs is 2. The highest BCUT2D eigenvalue weighted by atomic mass is 35.5. The van der Waals surface area contributed by atoms with E-state index in [0.29, 0.717) is 32.6 Å². The van der Waals surface area contributed by atoms with Gasteiger partial charge in [-0.3, -0.25) is 20.2 Å². The fourth-order valence-corrected chi connectivity index (χ4v) is 5.46. The maximum atomic E-state index is 13.3. The minimum atomic E-state index is -1.26. The fourth-order valence-electron chi connectivity index (χ4n) is 4.45. The van der Waals surface area contributed by atoms with E-state index in [9.17, 15) is 14.9 Å². The third-order valence-electron chi connectivity index (χ3n) is 5.44. The van der Waals surface area contributed by atoms with Crippen molar-refractivity contribution >= 4 is 46.6 Å². The molecule has 0 saturated carbocycles. The van der Waals surface area contributed by atoms with Crippen LogP contribution >= 0.6 is 35.0 Å². The van der Waals surface area contributed by atoms with Crippen LogP contribution in [0.2, 0.25) is 10.0 Å². The van der Waals surface area contributed by atoms with Crippen LogP contribution in [-0.2, 0) is 10.3 Å². The summed E-state index contributed by atoms with van der Waals surface area (Å²) in [6, 6.07) is 10.6. The van der Waals surface area contributed by atoms with Crippen molar-refractivity contribution in [3.05, 3.63) is 73.8 Å². The summed E-state index contributed by atoms with van der Waals surface area (Å²) < 4.78 is 0. The zero-order valence-electron chi connectivity index (χ0n) is 14.8. The average molecular weight is 438 g/mol. The molecule has 1 spiro atoms. The first-order chi connectivity index (χ1) is 13.4. The second-order valence-electron chi connectivity index (χ2n) is 6.97. The molecular formula is C19H17Cl2N3O3S. The molecule has 0 unspecified atom stereocenters.